The number of H-pyrrole nitrogens is 1. The van der Waals surface area contributed by atoms with Gasteiger partial charge in [0.25, 0.3) is 0 Å². The van der Waals surface area contributed by atoms with E-state index in [1.165, 1.54) is 66.0 Å². The van der Waals surface area contributed by atoms with Crippen LogP contribution in [-0.4, -0.2) is 4.98 Å². The highest BCUT2D eigenvalue weighted by Gasteiger charge is 2.36. The maximum absolute atomic E-state index is 3.66. The number of para-hydroxylation sites is 1. The topological polar surface area (TPSA) is 15.8 Å². The Labute approximate surface area is 174 Å². The van der Waals surface area contributed by atoms with Crippen LogP contribution in [0, 0.1) is 0 Å². The molecule has 0 fully saturated rings. The van der Waals surface area contributed by atoms with Crippen LogP contribution in [0.1, 0.15) is 33.7 Å². The zero-order valence-corrected chi connectivity index (χ0v) is 16.5. The number of allylic oxidation sites excluding steroid dienone is 3. The minimum absolute atomic E-state index is 0.436. The Hall–Kier alpha value is -3.58. The van der Waals surface area contributed by atoms with Crippen molar-refractivity contribution in [1.29, 1.82) is 0 Å². The third-order valence-electron chi connectivity index (χ3n) is 7.51. The number of aromatic nitrogens is 1. The van der Waals surface area contributed by atoms with Gasteiger partial charge in [-0.2, -0.15) is 0 Å². The molecule has 4 aromatic carbocycles. The molecule has 0 saturated heterocycles. The molecule has 1 N–H and O–H groups in total. The van der Waals surface area contributed by atoms with Gasteiger partial charge in [-0.05, 0) is 69.1 Å². The molecule has 8 rings (SSSR count). The molecule has 0 bridgehead atoms. The monoisotopic (exact) mass is 381 g/mol. The Morgan fingerprint density at radius 1 is 0.833 bits per heavy atom. The Morgan fingerprint density at radius 3 is 2.73 bits per heavy atom. The summed E-state index contributed by atoms with van der Waals surface area (Å²) in [4.78, 5) is 3.66. The number of fused-ring (bicyclic) bond motifs is 8. The van der Waals surface area contributed by atoms with E-state index in [-0.39, 0.29) is 0 Å². The normalized spacial score (nSPS) is 18.5. The highest BCUT2D eigenvalue weighted by atomic mass is 14.7. The van der Waals surface area contributed by atoms with Crippen molar-refractivity contribution >= 4 is 44.2 Å². The molecule has 1 nitrogen and oxygen atoms in total. The van der Waals surface area contributed by atoms with Crippen LogP contribution < -0.4 is 0 Å². The molecule has 0 saturated carbocycles. The molecule has 3 aliphatic carbocycles. The first-order valence-corrected chi connectivity index (χ1v) is 10.8. The number of benzene rings is 4. The van der Waals surface area contributed by atoms with Gasteiger partial charge in [-0.25, -0.2) is 0 Å². The molecule has 5 aromatic rings. The van der Waals surface area contributed by atoms with E-state index in [4.69, 9.17) is 0 Å². The second-order valence-corrected chi connectivity index (χ2v) is 8.97. The Kier molecular flexibility index (Phi) is 2.61. The quantitative estimate of drug-likeness (QED) is 0.293. The third-order valence-corrected chi connectivity index (χ3v) is 7.51. The molecule has 0 radical (unpaired) electrons. The van der Waals surface area contributed by atoms with Crippen LogP contribution >= 0.6 is 0 Å². The molecule has 1 heterocycles. The molecule has 0 aliphatic heterocycles. The van der Waals surface area contributed by atoms with Crippen LogP contribution in [0.15, 0.2) is 78.4 Å². The van der Waals surface area contributed by atoms with E-state index in [1.807, 2.05) is 0 Å². The first kappa shape index (κ1) is 15.3. The summed E-state index contributed by atoms with van der Waals surface area (Å²) in [5.74, 6) is 0.436. The zero-order chi connectivity index (χ0) is 19.4. The van der Waals surface area contributed by atoms with Crippen molar-refractivity contribution in [2.75, 3.05) is 0 Å². The van der Waals surface area contributed by atoms with Crippen LogP contribution in [0.25, 0.3) is 44.2 Å². The van der Waals surface area contributed by atoms with E-state index >= 15 is 0 Å². The summed E-state index contributed by atoms with van der Waals surface area (Å²) in [6.45, 7) is 0. The number of rotatable bonds is 0. The van der Waals surface area contributed by atoms with Crippen molar-refractivity contribution in [3.05, 3.63) is 106 Å². The standard InChI is InChI=1S/C29H19N/c1-2-6-20-16(5-1)13-19-14-17-9-10-18-15-25-29(21-7-3-4-8-24(21)30-25)23-12-11-22(26(19)20)27(17)28(18)23/h1-11,14-15,26,30H,12-13H2. The molecule has 0 spiro atoms. The Balaban J connectivity index is 1.51. The van der Waals surface area contributed by atoms with Crippen LogP contribution in [0.3, 0.4) is 0 Å². The Bertz CT molecular complexity index is 1640. The van der Waals surface area contributed by atoms with E-state index < -0.39 is 0 Å². The summed E-state index contributed by atoms with van der Waals surface area (Å²) in [6, 6.07) is 24.8. The van der Waals surface area contributed by atoms with E-state index in [9.17, 15) is 0 Å². The van der Waals surface area contributed by atoms with Crippen LogP contribution in [0.4, 0.5) is 0 Å². The van der Waals surface area contributed by atoms with Crippen molar-refractivity contribution in [2.24, 2.45) is 0 Å². The molecule has 140 valence electrons. The van der Waals surface area contributed by atoms with Gasteiger partial charge in [-0.1, -0.05) is 72.3 Å². The van der Waals surface area contributed by atoms with Gasteiger partial charge in [0.15, 0.2) is 0 Å². The fourth-order valence-corrected chi connectivity index (χ4v) is 6.37. The molecule has 30 heavy (non-hydrogen) atoms. The predicted molar refractivity (Wildman–Crippen MR) is 126 cm³/mol. The van der Waals surface area contributed by atoms with Crippen molar-refractivity contribution in [1.82, 2.24) is 4.98 Å². The third kappa shape index (κ3) is 1.71. The van der Waals surface area contributed by atoms with Gasteiger partial charge in [0.05, 0.1) is 0 Å². The zero-order valence-electron chi connectivity index (χ0n) is 16.5. The average molecular weight is 381 g/mol. The predicted octanol–water partition coefficient (Wildman–Crippen LogP) is 7.15. The van der Waals surface area contributed by atoms with Gasteiger partial charge in [0, 0.05) is 27.7 Å². The average Bonchev–Trinajstić information content (AvgIpc) is 3.34. The number of hydrogen-bond donors (Lipinski definition) is 1. The molecule has 1 heteroatoms. The summed E-state index contributed by atoms with van der Waals surface area (Å²) in [5.41, 5.74) is 13.0. The summed E-state index contributed by atoms with van der Waals surface area (Å²) in [6.07, 6.45) is 7.10. The molecule has 1 unspecified atom stereocenters. The van der Waals surface area contributed by atoms with Gasteiger partial charge in [-0.3, -0.25) is 0 Å². The highest BCUT2D eigenvalue weighted by Crippen LogP contribution is 2.54. The summed E-state index contributed by atoms with van der Waals surface area (Å²) in [5, 5.41) is 5.58. The van der Waals surface area contributed by atoms with Gasteiger partial charge in [-0.15, -0.1) is 0 Å². The smallest absolute Gasteiger partial charge is 0.0474 e. The SMILES string of the molecule is C1=C2Cc3ccccc3C2C2=CCc3c4c2c1ccc4cc1[nH]c2ccccc2c31. The summed E-state index contributed by atoms with van der Waals surface area (Å²) >= 11 is 0. The number of nitrogens with one attached hydrogen (secondary N) is 1. The van der Waals surface area contributed by atoms with E-state index in [0.29, 0.717) is 5.92 Å². The van der Waals surface area contributed by atoms with Crippen molar-refractivity contribution < 1.29 is 0 Å². The second kappa shape index (κ2) is 5.12. The molecule has 0 amide bonds. The van der Waals surface area contributed by atoms with Gasteiger partial charge >= 0.3 is 0 Å². The highest BCUT2D eigenvalue weighted by molar-refractivity contribution is 6.18. The minimum atomic E-state index is 0.436. The first-order valence-electron chi connectivity index (χ1n) is 10.8. The fourth-order valence-electron chi connectivity index (χ4n) is 6.37. The van der Waals surface area contributed by atoms with Gasteiger partial charge in [0.1, 0.15) is 0 Å². The first-order chi connectivity index (χ1) is 14.9. The number of hydrogen-bond acceptors (Lipinski definition) is 0. The largest absolute Gasteiger partial charge is 0.354 e. The maximum Gasteiger partial charge on any atom is 0.0474 e. The molecule has 1 aromatic heterocycles. The van der Waals surface area contributed by atoms with E-state index in [2.05, 4.69) is 83.9 Å². The van der Waals surface area contributed by atoms with Gasteiger partial charge in [0.2, 0.25) is 0 Å². The van der Waals surface area contributed by atoms with Crippen LogP contribution in [0.2, 0.25) is 0 Å². The van der Waals surface area contributed by atoms with Crippen LogP contribution in [0.5, 0.6) is 0 Å². The van der Waals surface area contributed by atoms with E-state index in [0.717, 1.165) is 12.8 Å². The lowest BCUT2D eigenvalue weighted by Gasteiger charge is -2.30. The van der Waals surface area contributed by atoms with E-state index in [1.54, 1.807) is 5.57 Å². The van der Waals surface area contributed by atoms with Crippen molar-refractivity contribution in [3.8, 4) is 0 Å². The second-order valence-electron chi connectivity index (χ2n) is 8.97. The Morgan fingerprint density at radius 2 is 1.73 bits per heavy atom. The fraction of sp³-hybridized carbons (Fsp3) is 0.103. The van der Waals surface area contributed by atoms with Crippen LogP contribution in [-0.2, 0) is 12.8 Å². The maximum atomic E-state index is 3.66. The molecule has 1 atom stereocenters. The lowest BCUT2D eigenvalue weighted by molar-refractivity contribution is 1.03. The molecular weight excluding hydrogens is 362 g/mol. The number of aromatic amines is 1. The van der Waals surface area contributed by atoms with Gasteiger partial charge < -0.3 is 4.98 Å². The lowest BCUT2D eigenvalue weighted by Crippen LogP contribution is -2.11. The summed E-state index contributed by atoms with van der Waals surface area (Å²) < 4.78 is 0. The summed E-state index contributed by atoms with van der Waals surface area (Å²) in [7, 11) is 0. The minimum Gasteiger partial charge on any atom is -0.354 e. The molecule has 3 aliphatic rings. The van der Waals surface area contributed by atoms with Crippen molar-refractivity contribution in [3.63, 3.8) is 0 Å². The molecular formula is C29H19N. The van der Waals surface area contributed by atoms with Crippen molar-refractivity contribution in [2.45, 2.75) is 18.8 Å². The lowest BCUT2D eigenvalue weighted by atomic mass is 9.73.